The summed E-state index contributed by atoms with van der Waals surface area (Å²) in [4.78, 5) is 3.60. The van der Waals surface area contributed by atoms with Gasteiger partial charge in [0.1, 0.15) is 0 Å². The average molecular weight is 221 g/mol. The predicted molar refractivity (Wildman–Crippen MR) is 60.0 cm³/mol. The Balaban J connectivity index is 4.81. The molecule has 0 N–H and O–H groups in total. The number of guanidine groups is 1. The van der Waals surface area contributed by atoms with Gasteiger partial charge in [-0.15, -0.1) is 0 Å². The Bertz CT molecular complexity index is 241. The highest BCUT2D eigenvalue weighted by Crippen LogP contribution is 2.44. The van der Waals surface area contributed by atoms with Gasteiger partial charge >= 0.3 is 7.52 Å². The third kappa shape index (κ3) is 4.63. The molecule has 0 aromatic rings. The third-order valence-corrected chi connectivity index (χ3v) is 2.72. The molecule has 6 heteroatoms. The van der Waals surface area contributed by atoms with E-state index in [-0.39, 0.29) is 0 Å². The molecule has 0 heterocycles. The maximum atomic E-state index is 11.8. The molecular formula is C8H20N3O2P. The van der Waals surface area contributed by atoms with Crippen LogP contribution in [0.1, 0.15) is 6.92 Å². The zero-order valence-electron chi connectivity index (χ0n) is 9.81. The first kappa shape index (κ1) is 13.5. The lowest BCUT2D eigenvalue weighted by Gasteiger charge is -2.23. The van der Waals surface area contributed by atoms with Gasteiger partial charge in [-0.1, -0.05) is 0 Å². The summed E-state index contributed by atoms with van der Waals surface area (Å²) >= 11 is 0. The Morgan fingerprint density at radius 3 is 2.00 bits per heavy atom. The fourth-order valence-corrected chi connectivity index (χ4v) is 2.23. The van der Waals surface area contributed by atoms with E-state index in [1.165, 1.54) is 6.66 Å². The second-order valence-corrected chi connectivity index (χ2v) is 5.47. The molecule has 0 fully saturated rings. The summed E-state index contributed by atoms with van der Waals surface area (Å²) in [5, 5.41) is 0. The normalized spacial score (nSPS) is 14.4. The van der Waals surface area contributed by atoms with Gasteiger partial charge in [-0.25, -0.2) is 0 Å². The second-order valence-electron chi connectivity index (χ2n) is 3.41. The molecular weight excluding hydrogens is 201 g/mol. The van der Waals surface area contributed by atoms with E-state index in [0.29, 0.717) is 12.6 Å². The van der Waals surface area contributed by atoms with Gasteiger partial charge in [0.15, 0.2) is 0 Å². The second kappa shape index (κ2) is 5.37. The summed E-state index contributed by atoms with van der Waals surface area (Å²) in [7, 11) is 4.56. The van der Waals surface area contributed by atoms with E-state index in [4.69, 9.17) is 4.52 Å². The molecule has 0 saturated heterocycles. The van der Waals surface area contributed by atoms with Crippen LogP contribution in [-0.2, 0) is 9.09 Å². The van der Waals surface area contributed by atoms with Crippen LogP contribution in [0.15, 0.2) is 4.76 Å². The van der Waals surface area contributed by atoms with Crippen molar-refractivity contribution in [3.05, 3.63) is 0 Å². The van der Waals surface area contributed by atoms with Crippen LogP contribution in [0.2, 0.25) is 0 Å². The topological polar surface area (TPSA) is 45.1 Å². The summed E-state index contributed by atoms with van der Waals surface area (Å²) in [5.41, 5.74) is 0. The smallest absolute Gasteiger partial charge is 0.314 e. The van der Waals surface area contributed by atoms with Gasteiger partial charge in [0, 0.05) is 34.9 Å². The Labute approximate surface area is 86.3 Å². The Morgan fingerprint density at radius 2 is 1.71 bits per heavy atom. The van der Waals surface area contributed by atoms with E-state index in [1.807, 2.05) is 28.2 Å². The van der Waals surface area contributed by atoms with Gasteiger partial charge in [-0.05, 0) is 6.92 Å². The lowest BCUT2D eigenvalue weighted by molar-refractivity contribution is 0.336. The fraction of sp³-hybridized carbons (Fsp3) is 0.875. The van der Waals surface area contributed by atoms with Crippen molar-refractivity contribution in [1.82, 2.24) is 9.80 Å². The molecule has 0 spiro atoms. The molecule has 1 atom stereocenters. The predicted octanol–water partition coefficient (Wildman–Crippen LogP) is 1.32. The maximum absolute atomic E-state index is 11.8. The van der Waals surface area contributed by atoms with Gasteiger partial charge in [0.2, 0.25) is 5.96 Å². The van der Waals surface area contributed by atoms with E-state index in [9.17, 15) is 4.57 Å². The van der Waals surface area contributed by atoms with Crippen molar-refractivity contribution in [3.8, 4) is 0 Å². The van der Waals surface area contributed by atoms with Crippen molar-refractivity contribution in [2.45, 2.75) is 6.92 Å². The van der Waals surface area contributed by atoms with Crippen LogP contribution in [0.25, 0.3) is 0 Å². The standard InChI is InChI=1S/C8H20N3O2P/c1-7-13-14(6,12)9-8(10(2)3)11(4)5/h7H2,1-6H3. The quantitative estimate of drug-likeness (QED) is 0.409. The number of hydrogen-bond donors (Lipinski definition) is 0. The molecule has 5 nitrogen and oxygen atoms in total. The zero-order chi connectivity index (χ0) is 11.4. The molecule has 0 bridgehead atoms. The van der Waals surface area contributed by atoms with Gasteiger partial charge < -0.3 is 14.3 Å². The van der Waals surface area contributed by atoms with Crippen LogP contribution < -0.4 is 0 Å². The van der Waals surface area contributed by atoms with Crippen LogP contribution in [0.5, 0.6) is 0 Å². The van der Waals surface area contributed by atoms with Gasteiger partial charge in [0.05, 0.1) is 6.61 Å². The van der Waals surface area contributed by atoms with Crippen molar-refractivity contribution in [2.75, 3.05) is 41.5 Å². The summed E-state index contributed by atoms with van der Waals surface area (Å²) in [6.07, 6.45) is 0. The third-order valence-electron chi connectivity index (χ3n) is 1.44. The molecule has 14 heavy (non-hydrogen) atoms. The first-order valence-corrected chi connectivity index (χ1v) is 6.49. The van der Waals surface area contributed by atoms with E-state index < -0.39 is 7.52 Å². The van der Waals surface area contributed by atoms with Crippen molar-refractivity contribution < 1.29 is 9.09 Å². The minimum absolute atomic E-state index is 0.408. The molecule has 0 aliphatic carbocycles. The van der Waals surface area contributed by atoms with Crippen LogP contribution in [-0.4, -0.2) is 57.2 Å². The zero-order valence-corrected chi connectivity index (χ0v) is 10.7. The van der Waals surface area contributed by atoms with E-state index >= 15 is 0 Å². The number of rotatable bonds is 3. The Hall–Kier alpha value is -0.540. The SMILES string of the molecule is CCOP(C)(=O)N=C(N(C)C)N(C)C. The van der Waals surface area contributed by atoms with Gasteiger partial charge in [0.25, 0.3) is 0 Å². The van der Waals surface area contributed by atoms with Crippen LogP contribution in [0.3, 0.4) is 0 Å². The fourth-order valence-electron chi connectivity index (χ4n) is 1.01. The Kier molecular flexibility index (Phi) is 5.16. The van der Waals surface area contributed by atoms with Crippen LogP contribution in [0, 0.1) is 0 Å². The molecule has 0 radical (unpaired) electrons. The largest absolute Gasteiger partial charge is 0.349 e. The molecule has 0 aromatic carbocycles. The summed E-state index contributed by atoms with van der Waals surface area (Å²) in [6.45, 7) is 3.73. The van der Waals surface area contributed by atoms with Crippen LogP contribution in [0.4, 0.5) is 0 Å². The van der Waals surface area contributed by atoms with Crippen molar-refractivity contribution in [2.24, 2.45) is 4.76 Å². The molecule has 0 amide bonds. The van der Waals surface area contributed by atoms with E-state index in [2.05, 4.69) is 4.76 Å². The molecule has 0 aliphatic rings. The lowest BCUT2D eigenvalue weighted by atomic mass is 10.7. The molecule has 84 valence electrons. The van der Waals surface area contributed by atoms with Gasteiger partial charge in [-0.3, -0.25) is 4.57 Å². The van der Waals surface area contributed by atoms with Gasteiger partial charge in [-0.2, -0.15) is 4.76 Å². The van der Waals surface area contributed by atoms with Crippen molar-refractivity contribution >= 4 is 13.5 Å². The number of nitrogens with zero attached hydrogens (tertiary/aromatic N) is 3. The van der Waals surface area contributed by atoms with Crippen molar-refractivity contribution in [3.63, 3.8) is 0 Å². The first-order chi connectivity index (χ1) is 6.30. The minimum Gasteiger partial charge on any atom is -0.349 e. The van der Waals surface area contributed by atoms with E-state index in [1.54, 1.807) is 16.7 Å². The molecule has 1 unspecified atom stereocenters. The Morgan fingerprint density at radius 1 is 1.29 bits per heavy atom. The highest BCUT2D eigenvalue weighted by Gasteiger charge is 2.16. The number of hydrogen-bond acceptors (Lipinski definition) is 2. The molecule has 0 aromatic heterocycles. The molecule has 0 saturated carbocycles. The minimum atomic E-state index is -2.85. The highest BCUT2D eigenvalue weighted by atomic mass is 31.2. The molecule has 0 rings (SSSR count). The first-order valence-electron chi connectivity index (χ1n) is 4.47. The summed E-state index contributed by atoms with van der Waals surface area (Å²) in [5.74, 6) is 0.643. The van der Waals surface area contributed by atoms with Crippen LogP contribution >= 0.6 is 7.52 Å². The monoisotopic (exact) mass is 221 g/mol. The lowest BCUT2D eigenvalue weighted by Crippen LogP contribution is -2.35. The van der Waals surface area contributed by atoms with E-state index in [0.717, 1.165) is 0 Å². The summed E-state index contributed by atoms with van der Waals surface area (Å²) < 4.78 is 20.9. The average Bonchev–Trinajstić information content (AvgIpc) is 1.99. The van der Waals surface area contributed by atoms with Crippen molar-refractivity contribution in [1.29, 1.82) is 0 Å². The highest BCUT2D eigenvalue weighted by molar-refractivity contribution is 7.56. The maximum Gasteiger partial charge on any atom is 0.314 e. The summed E-state index contributed by atoms with van der Waals surface area (Å²) in [6, 6.07) is 0. The molecule has 0 aliphatic heterocycles.